The van der Waals surface area contributed by atoms with Crippen molar-refractivity contribution in [2.24, 2.45) is 5.73 Å². The maximum Gasteiger partial charge on any atom is 0.214 e. The standard InChI is InChI=1S/C13H16ClN5S/c14-10-6-5-9(8-15)12(7-10)20-13-16-17-18-19(13)11-3-1-2-4-11/h5-7,11H,1-4,8,15H2. The molecule has 1 aliphatic carbocycles. The number of nitrogens with two attached hydrogens (primary N) is 1. The number of hydrogen-bond acceptors (Lipinski definition) is 5. The highest BCUT2D eigenvalue weighted by Crippen LogP contribution is 2.35. The maximum atomic E-state index is 6.07. The summed E-state index contributed by atoms with van der Waals surface area (Å²) >= 11 is 7.60. The molecule has 1 heterocycles. The van der Waals surface area contributed by atoms with E-state index in [0.29, 0.717) is 17.6 Å². The zero-order chi connectivity index (χ0) is 13.9. The van der Waals surface area contributed by atoms with Crippen LogP contribution in [0.25, 0.3) is 0 Å². The minimum Gasteiger partial charge on any atom is -0.326 e. The van der Waals surface area contributed by atoms with Gasteiger partial charge in [-0.15, -0.1) is 5.10 Å². The molecule has 0 unspecified atom stereocenters. The van der Waals surface area contributed by atoms with E-state index in [1.807, 2.05) is 22.9 Å². The second kappa shape index (κ2) is 6.11. The second-order valence-corrected chi connectivity index (χ2v) is 6.35. The van der Waals surface area contributed by atoms with Gasteiger partial charge < -0.3 is 5.73 Å². The van der Waals surface area contributed by atoms with Gasteiger partial charge >= 0.3 is 0 Å². The van der Waals surface area contributed by atoms with Gasteiger partial charge in [0.05, 0.1) is 6.04 Å². The smallest absolute Gasteiger partial charge is 0.214 e. The maximum absolute atomic E-state index is 6.07. The van der Waals surface area contributed by atoms with Gasteiger partial charge in [0.2, 0.25) is 5.16 Å². The normalized spacial score (nSPS) is 15.9. The predicted molar refractivity (Wildman–Crippen MR) is 78.8 cm³/mol. The Hall–Kier alpha value is -1.11. The quantitative estimate of drug-likeness (QED) is 0.940. The molecule has 0 bridgehead atoms. The summed E-state index contributed by atoms with van der Waals surface area (Å²) in [7, 11) is 0. The average Bonchev–Trinajstić information content (AvgIpc) is 3.09. The van der Waals surface area contributed by atoms with Gasteiger partial charge in [-0.3, -0.25) is 0 Å². The molecule has 2 N–H and O–H groups in total. The molecular weight excluding hydrogens is 294 g/mol. The number of tetrazole rings is 1. The second-order valence-electron chi connectivity index (χ2n) is 4.90. The summed E-state index contributed by atoms with van der Waals surface area (Å²) in [5.74, 6) is 0. The Labute approximate surface area is 126 Å². The first kappa shape index (κ1) is 13.9. The Bertz CT molecular complexity index is 594. The molecule has 3 rings (SSSR count). The highest BCUT2D eigenvalue weighted by molar-refractivity contribution is 7.99. The van der Waals surface area contributed by atoms with E-state index in [0.717, 1.165) is 28.5 Å². The lowest BCUT2D eigenvalue weighted by molar-refractivity contribution is 0.423. The fraction of sp³-hybridized carbons (Fsp3) is 0.462. The van der Waals surface area contributed by atoms with Crippen LogP contribution in [0.2, 0.25) is 5.02 Å². The Kier molecular flexibility index (Phi) is 4.24. The molecule has 0 radical (unpaired) electrons. The highest BCUT2D eigenvalue weighted by Gasteiger charge is 2.22. The Morgan fingerprint density at radius 3 is 2.90 bits per heavy atom. The van der Waals surface area contributed by atoms with E-state index in [-0.39, 0.29) is 0 Å². The molecule has 0 aliphatic heterocycles. The monoisotopic (exact) mass is 309 g/mol. The van der Waals surface area contributed by atoms with E-state index in [1.54, 1.807) is 0 Å². The summed E-state index contributed by atoms with van der Waals surface area (Å²) in [4.78, 5) is 1.02. The first-order valence-corrected chi connectivity index (χ1v) is 7.91. The van der Waals surface area contributed by atoms with Crippen molar-refractivity contribution < 1.29 is 0 Å². The van der Waals surface area contributed by atoms with Crippen molar-refractivity contribution in [2.75, 3.05) is 0 Å². The van der Waals surface area contributed by atoms with Gasteiger partial charge in [-0.25, -0.2) is 4.68 Å². The third kappa shape index (κ3) is 2.82. The molecule has 0 amide bonds. The number of benzene rings is 1. The van der Waals surface area contributed by atoms with Crippen LogP contribution in [0.15, 0.2) is 28.3 Å². The van der Waals surface area contributed by atoms with Gasteiger partial charge in [-0.1, -0.05) is 30.5 Å². The minimum absolute atomic E-state index is 0.424. The van der Waals surface area contributed by atoms with Crippen molar-refractivity contribution in [3.8, 4) is 0 Å². The predicted octanol–water partition coefficient (Wildman–Crippen LogP) is 3.05. The number of rotatable bonds is 4. The van der Waals surface area contributed by atoms with Crippen molar-refractivity contribution in [3.05, 3.63) is 28.8 Å². The van der Waals surface area contributed by atoms with Crippen LogP contribution in [-0.4, -0.2) is 20.2 Å². The molecule has 0 saturated heterocycles. The first-order valence-electron chi connectivity index (χ1n) is 6.72. The summed E-state index contributed by atoms with van der Waals surface area (Å²) in [6.07, 6.45) is 4.80. The number of aromatic nitrogens is 4. The van der Waals surface area contributed by atoms with Crippen molar-refractivity contribution >= 4 is 23.4 Å². The lowest BCUT2D eigenvalue weighted by Gasteiger charge is -2.12. The van der Waals surface area contributed by atoms with E-state index >= 15 is 0 Å². The Balaban J connectivity index is 1.88. The van der Waals surface area contributed by atoms with Gasteiger partial charge in [0, 0.05) is 16.5 Å². The first-order chi connectivity index (χ1) is 9.78. The van der Waals surface area contributed by atoms with Gasteiger partial charge in [-0.2, -0.15) is 0 Å². The minimum atomic E-state index is 0.424. The molecule has 2 aromatic rings. The molecular formula is C13H16ClN5S. The van der Waals surface area contributed by atoms with Crippen LogP contribution in [0, 0.1) is 0 Å². The summed E-state index contributed by atoms with van der Waals surface area (Å²) in [6.45, 7) is 0.477. The molecule has 5 nitrogen and oxygen atoms in total. The number of nitrogens with zero attached hydrogens (tertiary/aromatic N) is 4. The number of hydrogen-bond donors (Lipinski definition) is 1. The van der Waals surface area contributed by atoms with Crippen molar-refractivity contribution in [3.63, 3.8) is 0 Å². The molecule has 0 atom stereocenters. The van der Waals surface area contributed by atoms with Crippen molar-refractivity contribution in [1.82, 2.24) is 20.2 Å². The molecule has 1 aromatic heterocycles. The Morgan fingerprint density at radius 2 is 2.15 bits per heavy atom. The zero-order valence-electron chi connectivity index (χ0n) is 11.0. The lowest BCUT2D eigenvalue weighted by atomic mass is 10.2. The summed E-state index contributed by atoms with van der Waals surface area (Å²) in [6, 6.07) is 6.15. The average molecular weight is 310 g/mol. The zero-order valence-corrected chi connectivity index (χ0v) is 12.6. The summed E-state index contributed by atoms with van der Waals surface area (Å²) < 4.78 is 1.94. The van der Waals surface area contributed by atoms with Crippen LogP contribution in [0.3, 0.4) is 0 Å². The van der Waals surface area contributed by atoms with Gasteiger partial charge in [-0.05, 0) is 52.7 Å². The fourth-order valence-electron chi connectivity index (χ4n) is 2.52. The topological polar surface area (TPSA) is 69.6 Å². The van der Waals surface area contributed by atoms with E-state index in [1.165, 1.54) is 24.6 Å². The largest absolute Gasteiger partial charge is 0.326 e. The van der Waals surface area contributed by atoms with Crippen LogP contribution in [0.1, 0.15) is 37.3 Å². The van der Waals surface area contributed by atoms with Crippen LogP contribution >= 0.6 is 23.4 Å². The molecule has 0 spiro atoms. The van der Waals surface area contributed by atoms with Gasteiger partial charge in [0.1, 0.15) is 0 Å². The summed E-state index contributed by atoms with van der Waals surface area (Å²) in [5.41, 5.74) is 6.83. The molecule has 1 aromatic carbocycles. The molecule has 106 valence electrons. The van der Waals surface area contributed by atoms with E-state index < -0.39 is 0 Å². The summed E-state index contributed by atoms with van der Waals surface area (Å²) in [5, 5.41) is 13.6. The number of halogens is 1. The van der Waals surface area contributed by atoms with Gasteiger partial charge in [0.15, 0.2) is 0 Å². The van der Waals surface area contributed by atoms with Crippen molar-refractivity contribution in [2.45, 2.75) is 48.3 Å². The Morgan fingerprint density at radius 1 is 1.35 bits per heavy atom. The molecule has 7 heteroatoms. The lowest BCUT2D eigenvalue weighted by Crippen LogP contribution is -2.08. The molecule has 1 fully saturated rings. The van der Waals surface area contributed by atoms with Crippen LogP contribution in [0.4, 0.5) is 0 Å². The van der Waals surface area contributed by atoms with Gasteiger partial charge in [0.25, 0.3) is 0 Å². The highest BCUT2D eigenvalue weighted by atomic mass is 35.5. The van der Waals surface area contributed by atoms with Crippen LogP contribution in [-0.2, 0) is 6.54 Å². The van der Waals surface area contributed by atoms with Crippen LogP contribution < -0.4 is 5.73 Å². The van der Waals surface area contributed by atoms with Crippen LogP contribution in [0.5, 0.6) is 0 Å². The van der Waals surface area contributed by atoms with E-state index in [9.17, 15) is 0 Å². The molecule has 20 heavy (non-hydrogen) atoms. The molecule has 1 saturated carbocycles. The molecule has 1 aliphatic rings. The third-order valence-electron chi connectivity index (χ3n) is 3.58. The van der Waals surface area contributed by atoms with Crippen molar-refractivity contribution in [1.29, 1.82) is 0 Å². The van der Waals surface area contributed by atoms with E-state index in [4.69, 9.17) is 17.3 Å². The third-order valence-corrected chi connectivity index (χ3v) is 4.87. The fourth-order valence-corrected chi connectivity index (χ4v) is 3.78. The SMILES string of the molecule is NCc1ccc(Cl)cc1Sc1nnnn1C1CCCC1. The van der Waals surface area contributed by atoms with E-state index in [2.05, 4.69) is 15.5 Å².